The van der Waals surface area contributed by atoms with Crippen molar-refractivity contribution in [2.24, 2.45) is 38.7 Å². The summed E-state index contributed by atoms with van der Waals surface area (Å²) in [7, 11) is 1.92. The number of primary amides is 1. The minimum atomic E-state index is -0.933. The number of hydrogen-bond donors (Lipinski definition) is 10. The van der Waals surface area contributed by atoms with Gasteiger partial charge in [0.15, 0.2) is 11.9 Å². The zero-order valence-electron chi connectivity index (χ0n) is 31.6. The molecule has 0 radical (unpaired) electrons. The van der Waals surface area contributed by atoms with Crippen LogP contribution >= 0.6 is 11.9 Å². The molecule has 21 heteroatoms. The molecule has 0 spiro atoms. The average Bonchev–Trinajstić information content (AvgIpc) is 3.78. The van der Waals surface area contributed by atoms with Gasteiger partial charge in [-0.3, -0.25) is 48.4 Å². The van der Waals surface area contributed by atoms with E-state index in [0.29, 0.717) is 57.5 Å². The number of guanidine groups is 2. The second-order valence-corrected chi connectivity index (χ2v) is 14.6. The van der Waals surface area contributed by atoms with E-state index in [1.807, 2.05) is 18.9 Å². The number of amides is 6. The van der Waals surface area contributed by atoms with Crippen LogP contribution in [0, 0.1) is 0 Å². The molecule has 306 valence electrons. The van der Waals surface area contributed by atoms with Crippen LogP contribution in [0.25, 0.3) is 0 Å². The molecule has 5 unspecified atom stereocenters. The van der Waals surface area contributed by atoms with E-state index < -0.39 is 29.9 Å². The summed E-state index contributed by atoms with van der Waals surface area (Å²) in [6, 6.07) is -2.88. The van der Waals surface area contributed by atoms with Crippen molar-refractivity contribution in [3.8, 4) is 0 Å². The smallest absolute Gasteiger partial charge is 0.243 e. The number of rotatable bonds is 25. The Morgan fingerprint density at radius 3 is 2.02 bits per heavy atom. The van der Waals surface area contributed by atoms with E-state index in [1.54, 1.807) is 4.90 Å². The molecule has 20 nitrogen and oxygen atoms in total. The van der Waals surface area contributed by atoms with Gasteiger partial charge in [0.2, 0.25) is 35.4 Å². The molecule has 0 aliphatic carbocycles. The lowest BCUT2D eigenvalue weighted by atomic mass is 10.1. The zero-order chi connectivity index (χ0) is 40.0. The molecule has 2 aliphatic rings. The van der Waals surface area contributed by atoms with Gasteiger partial charge in [0.1, 0.15) is 18.1 Å². The highest BCUT2D eigenvalue weighted by Gasteiger charge is 2.40. The number of aliphatic imine (C=N–C) groups is 2. The van der Waals surface area contributed by atoms with Crippen LogP contribution in [-0.4, -0.2) is 139 Å². The van der Waals surface area contributed by atoms with Gasteiger partial charge in [-0.25, -0.2) is 0 Å². The van der Waals surface area contributed by atoms with Crippen molar-refractivity contribution in [2.45, 2.75) is 108 Å². The molecule has 2 saturated heterocycles. The van der Waals surface area contributed by atoms with Gasteiger partial charge in [0.25, 0.3) is 0 Å². The summed E-state index contributed by atoms with van der Waals surface area (Å²) in [6.45, 7) is 4.46. The highest BCUT2D eigenvalue weighted by molar-refractivity contribution is 7.97. The molecule has 2 rings (SSSR count). The summed E-state index contributed by atoms with van der Waals surface area (Å²) >= 11 is 1.27. The Kier molecular flexibility index (Phi) is 21.1. The molecular formula is C33H62N14O6S. The van der Waals surface area contributed by atoms with Gasteiger partial charge in [-0.05, 0) is 78.3 Å². The molecule has 2 fully saturated rings. The molecule has 2 heterocycles. The van der Waals surface area contributed by atoms with Gasteiger partial charge < -0.3 is 54.8 Å². The second kappa shape index (κ2) is 24.8. The first kappa shape index (κ1) is 45.8. The monoisotopic (exact) mass is 782 g/mol. The third-order valence-electron chi connectivity index (χ3n) is 9.09. The Bertz CT molecular complexity index is 1310. The number of nitrogens with zero attached hydrogens (tertiary/aromatic N) is 4. The predicted molar refractivity (Wildman–Crippen MR) is 208 cm³/mol. The lowest BCUT2D eigenvalue weighted by molar-refractivity contribution is -0.142. The number of likely N-dealkylation sites (N-methyl/N-ethyl adjacent to an activating group) is 1. The van der Waals surface area contributed by atoms with Crippen LogP contribution in [0.2, 0.25) is 0 Å². The van der Waals surface area contributed by atoms with Gasteiger partial charge >= 0.3 is 0 Å². The Morgan fingerprint density at radius 2 is 1.39 bits per heavy atom. The van der Waals surface area contributed by atoms with Gasteiger partial charge in [-0.2, -0.15) is 0 Å². The summed E-state index contributed by atoms with van der Waals surface area (Å²) in [5.74, 6) is -1.88. The number of carbonyl (C=O) groups is 6. The van der Waals surface area contributed by atoms with Crippen molar-refractivity contribution in [3.05, 3.63) is 0 Å². The molecule has 0 bridgehead atoms. The number of nitrogens with two attached hydrogens (primary N) is 5. The number of carbonyl (C=O) groups excluding carboxylic acids is 6. The van der Waals surface area contributed by atoms with E-state index in [-0.39, 0.29) is 86.4 Å². The van der Waals surface area contributed by atoms with Gasteiger partial charge in [-0.15, -0.1) is 0 Å². The van der Waals surface area contributed by atoms with Crippen molar-refractivity contribution in [1.29, 1.82) is 0 Å². The molecule has 6 amide bonds. The summed E-state index contributed by atoms with van der Waals surface area (Å²) in [6.07, 6.45) is 4.98. The Labute approximate surface area is 321 Å². The minimum Gasteiger partial charge on any atom is -0.370 e. The SMILES string of the molecule is CC(CCCN=C(N)N)NC(=O)C(CCC(N)=O)NC(=O)CCSNCCNC(=O)C(CCCN=C(N)N)NC(=O)C1CCCN1C(=O)C1CCCN1C. The van der Waals surface area contributed by atoms with E-state index >= 15 is 0 Å². The fraction of sp³-hybridized carbons (Fsp3) is 0.758. The van der Waals surface area contributed by atoms with Crippen LogP contribution in [0.4, 0.5) is 0 Å². The maximum absolute atomic E-state index is 13.4. The molecule has 15 N–H and O–H groups in total. The number of nitrogens with one attached hydrogen (secondary N) is 5. The molecule has 0 aromatic heterocycles. The second-order valence-electron chi connectivity index (χ2n) is 13.6. The van der Waals surface area contributed by atoms with Crippen molar-refractivity contribution in [3.63, 3.8) is 0 Å². The van der Waals surface area contributed by atoms with Crippen LogP contribution in [0.3, 0.4) is 0 Å². The Hall–Kier alpha value is -4.37. The maximum Gasteiger partial charge on any atom is 0.243 e. The summed E-state index contributed by atoms with van der Waals surface area (Å²) in [5, 5.41) is 11.2. The quantitative estimate of drug-likeness (QED) is 0.0188. The van der Waals surface area contributed by atoms with Gasteiger partial charge in [0.05, 0.1) is 6.04 Å². The lowest BCUT2D eigenvalue weighted by Crippen LogP contribution is -2.55. The van der Waals surface area contributed by atoms with Crippen molar-refractivity contribution >= 4 is 59.3 Å². The minimum absolute atomic E-state index is 0.00486. The van der Waals surface area contributed by atoms with Crippen LogP contribution in [0.5, 0.6) is 0 Å². The van der Waals surface area contributed by atoms with Gasteiger partial charge in [0, 0.05) is 57.4 Å². The van der Waals surface area contributed by atoms with Crippen LogP contribution < -0.4 is 54.7 Å². The maximum atomic E-state index is 13.4. The fourth-order valence-corrected chi connectivity index (χ4v) is 6.93. The molecule has 0 saturated carbocycles. The van der Waals surface area contributed by atoms with Gasteiger partial charge in [-0.1, -0.05) is 11.9 Å². The summed E-state index contributed by atoms with van der Waals surface area (Å²) < 4.78 is 3.08. The van der Waals surface area contributed by atoms with E-state index in [4.69, 9.17) is 28.7 Å². The van der Waals surface area contributed by atoms with Crippen LogP contribution in [0.1, 0.15) is 77.6 Å². The van der Waals surface area contributed by atoms with Crippen LogP contribution in [0.15, 0.2) is 9.98 Å². The largest absolute Gasteiger partial charge is 0.370 e. The van der Waals surface area contributed by atoms with Crippen molar-refractivity contribution in [2.75, 3.05) is 52.1 Å². The Morgan fingerprint density at radius 1 is 0.759 bits per heavy atom. The van der Waals surface area contributed by atoms with Crippen molar-refractivity contribution in [1.82, 2.24) is 35.8 Å². The molecule has 54 heavy (non-hydrogen) atoms. The first-order chi connectivity index (χ1) is 25.7. The van der Waals surface area contributed by atoms with E-state index in [2.05, 4.69) is 36.0 Å². The van der Waals surface area contributed by atoms with Crippen LogP contribution in [-0.2, 0) is 28.8 Å². The predicted octanol–water partition coefficient (Wildman–Crippen LogP) is -3.34. The normalized spacial score (nSPS) is 18.5. The molecule has 0 aromatic rings. The lowest BCUT2D eigenvalue weighted by Gasteiger charge is -2.30. The van der Waals surface area contributed by atoms with E-state index in [1.165, 1.54) is 11.9 Å². The highest BCUT2D eigenvalue weighted by atomic mass is 32.2. The van der Waals surface area contributed by atoms with Crippen molar-refractivity contribution < 1.29 is 28.8 Å². The molecule has 5 atom stereocenters. The third-order valence-corrected chi connectivity index (χ3v) is 9.91. The Balaban J connectivity index is 1.80. The third kappa shape index (κ3) is 17.6. The zero-order valence-corrected chi connectivity index (χ0v) is 32.5. The highest BCUT2D eigenvalue weighted by Crippen LogP contribution is 2.24. The van der Waals surface area contributed by atoms with E-state index in [0.717, 1.165) is 19.4 Å². The standard InChI is InChI=1S/C33H62N14O6S/c1-21(7-3-14-40-32(35)36)43-29(51)23(11-12-26(34)48)44-27(49)13-20-54-42-17-16-39-28(50)22(8-4-15-41-33(37)38)45-30(52)24-9-6-19-47(24)31(53)25-10-5-18-46(25)2/h21-25,42H,3-20H2,1-2H3,(H2,34,48)(H,39,50)(H,43,51)(H,44,49)(H,45,52)(H4,35,36,40)(H4,37,38,41). The fourth-order valence-electron chi connectivity index (χ4n) is 6.25. The number of likely N-dealkylation sites (tertiary alicyclic amines) is 2. The molecular weight excluding hydrogens is 721 g/mol. The average molecular weight is 783 g/mol. The summed E-state index contributed by atoms with van der Waals surface area (Å²) in [4.78, 5) is 88.4. The summed E-state index contributed by atoms with van der Waals surface area (Å²) in [5.41, 5.74) is 26.8. The number of hydrogen-bond acceptors (Lipinski definition) is 11. The first-order valence-corrected chi connectivity index (χ1v) is 19.6. The first-order valence-electron chi connectivity index (χ1n) is 18.6. The van der Waals surface area contributed by atoms with E-state index in [9.17, 15) is 28.8 Å². The molecule has 2 aliphatic heterocycles. The topological polar surface area (TPSA) is 324 Å². The molecule has 0 aromatic carbocycles.